The van der Waals surface area contributed by atoms with Crippen molar-refractivity contribution < 1.29 is 33.4 Å². The van der Waals surface area contributed by atoms with Gasteiger partial charge < -0.3 is 0 Å². The minimum atomic E-state index is -20.1. The molecule has 0 radical (unpaired) electrons. The molecule has 0 amide bonds. The van der Waals surface area contributed by atoms with Gasteiger partial charge in [0.25, 0.3) is 0 Å². The van der Waals surface area contributed by atoms with E-state index in [1.54, 1.807) is 0 Å². The third-order valence-corrected chi connectivity index (χ3v) is 0. The van der Waals surface area contributed by atoms with E-state index in [0.717, 1.165) is 0 Å². The summed E-state index contributed by atoms with van der Waals surface area (Å²) in [6.07, 6.45) is 0. The van der Waals surface area contributed by atoms with Gasteiger partial charge in [0.05, 0.1) is 0 Å². The van der Waals surface area contributed by atoms with Crippen LogP contribution in [0.3, 0.4) is 0 Å². The number of hydrogen-bond donors (Lipinski definition) is 0. The van der Waals surface area contributed by atoms with Crippen molar-refractivity contribution in [1.82, 2.24) is 0 Å². The van der Waals surface area contributed by atoms with E-state index < -0.39 is 14.9 Å². The molecule has 0 aliphatic carbocycles. The van der Waals surface area contributed by atoms with Crippen LogP contribution in [0.5, 0.6) is 0 Å². The summed E-state index contributed by atoms with van der Waals surface area (Å²) in [5, 5.41) is 0. The Bertz CT molecular complexity index is 2330. The van der Waals surface area contributed by atoms with Gasteiger partial charge in [-0.1, -0.05) is 0 Å². The number of hydrogen-bond acceptors (Lipinski definition) is 12. The average molecular weight is 517 g/mol. The van der Waals surface area contributed by atoms with Crippen molar-refractivity contribution in [3.63, 3.8) is 0 Å². The molecule has 0 spiro atoms. The second kappa shape index (κ2) is 1.24. The van der Waals surface area contributed by atoms with E-state index in [-0.39, 0.29) is 86.8 Å². The van der Waals surface area contributed by atoms with Crippen molar-refractivity contribution in [2.24, 2.45) is 0 Å². The van der Waals surface area contributed by atoms with Gasteiger partial charge >= 0.3 is 33.4 Å². The standard InChI is InChI=1S/5Al.Lu.12O.15H. The van der Waals surface area contributed by atoms with Gasteiger partial charge in [-0.2, -0.15) is 0 Å². The summed E-state index contributed by atoms with van der Waals surface area (Å²) in [7, 11) is 0. The van der Waals surface area contributed by atoms with Crippen molar-refractivity contribution in [3.05, 3.63) is 0 Å². The summed E-state index contributed by atoms with van der Waals surface area (Å²) in [6, 6.07) is 0. The van der Waals surface area contributed by atoms with E-state index in [1.807, 2.05) is 0 Å². The van der Waals surface area contributed by atoms with Crippen molar-refractivity contribution >= 4 is 86.8 Å². The second-order valence-electron chi connectivity index (χ2n) is 2.84. The molecule has 0 rings (SSSR count). The zero-order valence-corrected chi connectivity index (χ0v) is 6.81. The van der Waals surface area contributed by atoms with Crippen LogP contribution in [0.4, 0.5) is 0 Å². The van der Waals surface area contributed by atoms with Crippen LogP contribution < -0.4 is 0 Å². The van der Waals surface area contributed by atoms with E-state index in [1.165, 1.54) is 0 Å². The Morgan fingerprint density at radius 3 is 0.278 bits per heavy atom. The van der Waals surface area contributed by atoms with Crippen molar-refractivity contribution in [1.29, 1.82) is 0 Å². The zero-order chi connectivity index (χ0) is 12.3. The first-order valence-electron chi connectivity index (χ1n) is 1.26. The van der Waals surface area contributed by atoms with E-state index >= 15 is 0 Å². The first-order chi connectivity index (χ1) is 3.46. The van der Waals surface area contributed by atoms with E-state index in [4.69, 9.17) is 18.5 Å². The summed E-state index contributed by atoms with van der Waals surface area (Å²) >= 11 is -20.1. The summed E-state index contributed by atoms with van der Waals surface area (Å²) in [5.41, 5.74) is 0. The molecule has 0 aromatic carbocycles. The van der Waals surface area contributed by atoms with Gasteiger partial charge in [0.1, 0.15) is 0 Å². The van der Waals surface area contributed by atoms with Crippen molar-refractivity contribution in [3.8, 4) is 0 Å². The topological polar surface area (TPSA) is 205 Å². The Balaban J connectivity index is -0.0000000720. The van der Waals surface area contributed by atoms with Gasteiger partial charge in [-0.05, 0) is 0 Å². The molecule has 0 unspecified atom stereocenters. The molecular formula is H15Al5LuO12. The van der Waals surface area contributed by atoms with E-state index in [9.17, 15) is 0 Å². The van der Waals surface area contributed by atoms with Gasteiger partial charge in [-0.25, -0.2) is 0 Å². The molecule has 0 atom stereocenters. The van der Waals surface area contributed by atoms with Crippen LogP contribution in [-0.4, -0.2) is 86.8 Å². The fraction of sp³-hybridized carbons (Fsp3) is 0. The van der Waals surface area contributed by atoms with Crippen LogP contribution in [-0.2, 0) is 18.5 Å². The Hall–Kier alpha value is 1.50. The Kier molecular flexibility index (Phi) is 2.53. The molecule has 12 nitrogen and oxygen atoms in total. The molecule has 0 saturated carbocycles. The molecule has 18 heteroatoms. The molecule has 117 valence electrons. The first kappa shape index (κ1) is 36.6. The molecular weight excluding hydrogens is 502 g/mol. The van der Waals surface area contributed by atoms with Crippen LogP contribution in [0.25, 0.3) is 0 Å². The van der Waals surface area contributed by atoms with Crippen molar-refractivity contribution in [2.45, 2.75) is 0 Å². The minimum absolute atomic E-state index is 0. The fourth-order valence-corrected chi connectivity index (χ4v) is 0. The van der Waals surface area contributed by atoms with Gasteiger partial charge in [-0.15, -0.1) is 0 Å². The number of rotatable bonds is 0. The molecule has 0 aromatic rings. The summed E-state index contributed by atoms with van der Waals surface area (Å²) in [4.78, 5) is 0. The maximum atomic E-state index is 8.69. The van der Waals surface area contributed by atoms with Crippen LogP contribution in [0, 0.1) is 14.9 Å². The van der Waals surface area contributed by atoms with Crippen LogP contribution >= 0.6 is 0 Å². The summed E-state index contributed by atoms with van der Waals surface area (Å²) in [5.74, 6) is 0. The van der Waals surface area contributed by atoms with Gasteiger partial charge in [0.15, 0.2) is 86.8 Å². The molecule has 0 aliphatic heterocycles. The predicted octanol–water partition coefficient (Wildman–Crippen LogP) is -7.35. The summed E-state index contributed by atoms with van der Waals surface area (Å²) in [6.45, 7) is 0. The third kappa shape index (κ3) is 2130. The molecule has 0 saturated heterocycles. The summed E-state index contributed by atoms with van der Waals surface area (Å²) < 4.78 is 104. The van der Waals surface area contributed by atoms with E-state index in [2.05, 4.69) is 0 Å². The van der Waals surface area contributed by atoms with E-state index in [0.29, 0.717) is 0 Å². The zero-order valence-electron chi connectivity index (χ0n) is 5.16. The van der Waals surface area contributed by atoms with Crippen LogP contribution in [0.1, 0.15) is 0 Å². The van der Waals surface area contributed by atoms with Crippen LogP contribution in [0.2, 0.25) is 0 Å². The molecule has 0 bridgehead atoms. The maximum absolute atomic E-state index is 20.1. The Morgan fingerprint density at radius 1 is 0.278 bits per heavy atom. The quantitative estimate of drug-likeness (QED) is 0.275. The van der Waals surface area contributed by atoms with Crippen LogP contribution in [0.15, 0.2) is 0 Å². The molecule has 0 aromatic heterocycles. The molecule has 18 heavy (non-hydrogen) atoms. The predicted molar refractivity (Wildman–Crippen MR) is 57.9 cm³/mol. The SMILES string of the molecule is [AlH3].[AlH3].[AlH3].[AlH3].[AlH3].[O]=[Lu](=[O])(=[O])(=[O])(=[O])(=[O])(=[O])(=[O])(=[O])(=[O])(=[O])=[O]. The molecule has 0 fully saturated rings. The fourth-order valence-electron chi connectivity index (χ4n) is 0. The van der Waals surface area contributed by atoms with Crippen molar-refractivity contribution in [2.75, 3.05) is 0 Å². The van der Waals surface area contributed by atoms with Gasteiger partial charge in [-0.3, -0.25) is 0 Å². The molecule has 0 aliphatic rings. The van der Waals surface area contributed by atoms with Gasteiger partial charge in [0.2, 0.25) is 0 Å². The normalized spacial score (nSPS) is 33.3. The average Bonchev–Trinajstić information content (AvgIpc) is 0.391. The molecule has 0 N–H and O–H groups in total. The molecule has 0 heterocycles. The monoisotopic (exact) mass is 517 g/mol. The second-order valence-corrected chi connectivity index (χ2v) is 21.1. The third-order valence-electron chi connectivity index (χ3n) is 0. The Morgan fingerprint density at radius 2 is 0.278 bits per heavy atom. The van der Waals surface area contributed by atoms with Gasteiger partial charge in [0, 0.05) is 0 Å². The first-order valence-corrected chi connectivity index (χ1v) is 9.38. The Labute approximate surface area is 118 Å².